The van der Waals surface area contributed by atoms with E-state index in [0.717, 1.165) is 5.56 Å². The van der Waals surface area contributed by atoms with Crippen molar-refractivity contribution in [3.8, 4) is 0 Å². The monoisotopic (exact) mass is 490 g/mol. The van der Waals surface area contributed by atoms with Crippen molar-refractivity contribution in [3.63, 3.8) is 0 Å². The SMILES string of the molecule is CCOC(C)(OP(=O)(OC(=O)CC(C)C)OC(=O)c1ccc(C)cc1C)C(=O)c1ccccc1. The molecule has 2 unspecified atom stereocenters. The fourth-order valence-corrected chi connectivity index (χ4v) is 4.52. The molecular weight excluding hydrogens is 459 g/mol. The zero-order valence-electron chi connectivity index (χ0n) is 20.3. The first kappa shape index (κ1) is 27.4. The van der Waals surface area contributed by atoms with Crippen LogP contribution in [0.2, 0.25) is 0 Å². The van der Waals surface area contributed by atoms with Gasteiger partial charge >= 0.3 is 19.8 Å². The maximum Gasteiger partial charge on any atom is 0.595 e. The van der Waals surface area contributed by atoms with Crippen LogP contribution in [0.1, 0.15) is 66.0 Å². The standard InChI is InChI=1S/C25H31O8P/c1-7-30-25(6,23(27)20-11-9-8-10-12-20)33-34(29,31-22(26)15-17(2)3)32-24(28)21-14-13-18(4)16-19(21)5/h8-14,16-17H,7,15H2,1-6H3. The van der Waals surface area contributed by atoms with Crippen molar-refractivity contribution in [1.29, 1.82) is 0 Å². The van der Waals surface area contributed by atoms with Crippen LogP contribution in [0.5, 0.6) is 0 Å². The zero-order chi connectivity index (χ0) is 25.5. The highest BCUT2D eigenvalue weighted by Gasteiger charge is 2.48. The van der Waals surface area contributed by atoms with Crippen LogP contribution in [0, 0.1) is 19.8 Å². The van der Waals surface area contributed by atoms with Crippen molar-refractivity contribution in [1.82, 2.24) is 0 Å². The van der Waals surface area contributed by atoms with Gasteiger partial charge in [-0.2, -0.15) is 0 Å². The van der Waals surface area contributed by atoms with E-state index in [9.17, 15) is 18.9 Å². The molecule has 0 N–H and O–H groups in total. The Bertz CT molecular complexity index is 1080. The van der Waals surface area contributed by atoms with Gasteiger partial charge in [-0.1, -0.05) is 61.9 Å². The first-order valence-electron chi connectivity index (χ1n) is 11.0. The van der Waals surface area contributed by atoms with Gasteiger partial charge in [0.1, 0.15) is 0 Å². The summed E-state index contributed by atoms with van der Waals surface area (Å²) < 4.78 is 34.8. The van der Waals surface area contributed by atoms with E-state index in [0.29, 0.717) is 5.56 Å². The maximum atomic E-state index is 13.7. The molecule has 0 spiro atoms. The maximum absolute atomic E-state index is 13.7. The van der Waals surface area contributed by atoms with Crippen LogP contribution >= 0.6 is 7.82 Å². The van der Waals surface area contributed by atoms with Gasteiger partial charge in [-0.25, -0.2) is 13.9 Å². The van der Waals surface area contributed by atoms with Crippen molar-refractivity contribution >= 4 is 25.5 Å². The predicted octanol–water partition coefficient (Wildman–Crippen LogP) is 5.81. The van der Waals surface area contributed by atoms with E-state index >= 15 is 0 Å². The van der Waals surface area contributed by atoms with Crippen LogP contribution in [-0.2, 0) is 27.7 Å². The zero-order valence-corrected chi connectivity index (χ0v) is 21.2. The Kier molecular flexibility index (Phi) is 9.33. The second kappa shape index (κ2) is 11.6. The van der Waals surface area contributed by atoms with Crippen molar-refractivity contribution in [2.75, 3.05) is 6.61 Å². The Morgan fingerprint density at radius 2 is 1.65 bits per heavy atom. The Morgan fingerprint density at radius 3 is 2.21 bits per heavy atom. The number of hydrogen-bond donors (Lipinski definition) is 0. The minimum absolute atomic E-state index is 0.0000305. The molecular formula is C25H31O8P. The number of carbonyl (C=O) groups excluding carboxylic acids is 3. The lowest BCUT2D eigenvalue weighted by Crippen LogP contribution is -2.41. The topological polar surface area (TPSA) is 105 Å². The molecule has 184 valence electrons. The lowest BCUT2D eigenvalue weighted by molar-refractivity contribution is -0.152. The van der Waals surface area contributed by atoms with E-state index in [1.165, 1.54) is 25.1 Å². The number of phosphoric ester groups is 1. The van der Waals surface area contributed by atoms with E-state index < -0.39 is 31.3 Å². The molecule has 2 rings (SSSR count). The van der Waals surface area contributed by atoms with E-state index in [2.05, 4.69) is 0 Å². The number of hydrogen-bond acceptors (Lipinski definition) is 8. The van der Waals surface area contributed by atoms with Gasteiger partial charge in [-0.15, -0.1) is 0 Å². The molecule has 0 heterocycles. The molecule has 0 saturated heterocycles. The quantitative estimate of drug-likeness (QED) is 0.221. The van der Waals surface area contributed by atoms with Gasteiger partial charge in [0.2, 0.25) is 11.6 Å². The van der Waals surface area contributed by atoms with Crippen LogP contribution in [-0.4, -0.2) is 30.1 Å². The lowest BCUT2D eigenvalue weighted by Gasteiger charge is -2.30. The summed E-state index contributed by atoms with van der Waals surface area (Å²) in [6.07, 6.45) is -0.105. The summed E-state index contributed by atoms with van der Waals surface area (Å²) in [5.41, 5.74) is 1.80. The van der Waals surface area contributed by atoms with E-state index in [1.807, 2.05) is 6.92 Å². The molecule has 0 aromatic heterocycles. The van der Waals surface area contributed by atoms with Gasteiger partial charge in [0.05, 0.1) is 5.56 Å². The lowest BCUT2D eigenvalue weighted by atomic mass is 10.0. The number of ether oxygens (including phenoxy) is 1. The first-order valence-corrected chi connectivity index (χ1v) is 12.4. The molecule has 9 heteroatoms. The molecule has 0 aliphatic rings. The average molecular weight is 490 g/mol. The predicted molar refractivity (Wildman–Crippen MR) is 126 cm³/mol. The summed E-state index contributed by atoms with van der Waals surface area (Å²) in [6, 6.07) is 13.0. The number of aryl methyl sites for hydroxylation is 2. The third kappa shape index (κ3) is 7.35. The van der Waals surface area contributed by atoms with Crippen LogP contribution in [0.25, 0.3) is 0 Å². The summed E-state index contributed by atoms with van der Waals surface area (Å²) in [4.78, 5) is 38.5. The Hall–Kier alpha value is -2.80. The van der Waals surface area contributed by atoms with Gasteiger partial charge < -0.3 is 13.8 Å². The van der Waals surface area contributed by atoms with Crippen LogP contribution in [0.3, 0.4) is 0 Å². The first-order chi connectivity index (χ1) is 15.9. The van der Waals surface area contributed by atoms with Gasteiger partial charge in [0, 0.05) is 18.6 Å². The molecule has 2 atom stereocenters. The molecule has 0 aliphatic heterocycles. The highest BCUT2D eigenvalue weighted by atomic mass is 31.2. The van der Waals surface area contributed by atoms with Crippen molar-refractivity contribution < 1.29 is 37.3 Å². The second-order valence-corrected chi connectivity index (χ2v) is 9.81. The van der Waals surface area contributed by atoms with E-state index in [-0.39, 0.29) is 30.1 Å². The van der Waals surface area contributed by atoms with Crippen LogP contribution in [0.4, 0.5) is 0 Å². The fourth-order valence-electron chi connectivity index (χ4n) is 3.22. The number of rotatable bonds is 11. The number of phosphoric acid groups is 1. The molecule has 2 aromatic rings. The third-order valence-electron chi connectivity index (χ3n) is 4.74. The molecule has 0 bridgehead atoms. The molecule has 0 aliphatic carbocycles. The van der Waals surface area contributed by atoms with Gasteiger partial charge in [0.15, 0.2) is 0 Å². The van der Waals surface area contributed by atoms with Crippen molar-refractivity contribution in [3.05, 3.63) is 70.8 Å². The molecule has 34 heavy (non-hydrogen) atoms. The molecule has 0 fully saturated rings. The summed E-state index contributed by atoms with van der Waals surface area (Å²) in [7, 11) is -4.96. The van der Waals surface area contributed by atoms with Gasteiger partial charge in [0.25, 0.3) is 0 Å². The minimum atomic E-state index is -4.96. The van der Waals surface area contributed by atoms with E-state index in [1.54, 1.807) is 58.0 Å². The summed E-state index contributed by atoms with van der Waals surface area (Å²) >= 11 is 0. The van der Waals surface area contributed by atoms with Crippen LogP contribution in [0.15, 0.2) is 48.5 Å². The molecule has 8 nitrogen and oxygen atoms in total. The molecule has 0 radical (unpaired) electrons. The third-order valence-corrected chi connectivity index (χ3v) is 6.13. The highest BCUT2D eigenvalue weighted by molar-refractivity contribution is 7.49. The largest absolute Gasteiger partial charge is 0.595 e. The highest BCUT2D eigenvalue weighted by Crippen LogP contribution is 2.54. The molecule has 0 saturated carbocycles. The Balaban J connectivity index is 2.44. The van der Waals surface area contributed by atoms with Crippen LogP contribution < -0.4 is 0 Å². The van der Waals surface area contributed by atoms with E-state index in [4.69, 9.17) is 18.3 Å². The number of ketones is 1. The fraction of sp³-hybridized carbons (Fsp3) is 0.400. The summed E-state index contributed by atoms with van der Waals surface area (Å²) in [6.45, 7) is 9.91. The Labute approximate surface area is 200 Å². The molecule has 0 amide bonds. The summed E-state index contributed by atoms with van der Waals surface area (Å²) in [5, 5.41) is 0. The Morgan fingerprint density at radius 1 is 1.00 bits per heavy atom. The number of carbonyl (C=O) groups is 3. The average Bonchev–Trinajstić information content (AvgIpc) is 2.72. The van der Waals surface area contributed by atoms with Crippen molar-refractivity contribution in [2.45, 2.75) is 53.8 Å². The normalized spacial score (nSPS) is 14.7. The minimum Gasteiger partial charge on any atom is -0.361 e. The second-order valence-electron chi connectivity index (χ2n) is 8.37. The van der Waals surface area contributed by atoms with Crippen molar-refractivity contribution in [2.24, 2.45) is 5.92 Å². The van der Waals surface area contributed by atoms with Gasteiger partial charge in [-0.3, -0.25) is 9.59 Å². The summed E-state index contributed by atoms with van der Waals surface area (Å²) in [5.74, 6) is -4.90. The smallest absolute Gasteiger partial charge is 0.361 e. The number of benzene rings is 2. The number of Topliss-reactive ketones (excluding diaryl/α,β-unsaturated/α-hetero) is 1. The molecule has 2 aromatic carbocycles. The van der Waals surface area contributed by atoms with Gasteiger partial charge in [-0.05, 0) is 45.2 Å².